The predicted octanol–water partition coefficient (Wildman–Crippen LogP) is 1.12. The Morgan fingerprint density at radius 1 is 1.54 bits per heavy atom. The Kier molecular flexibility index (Phi) is 4.06. The lowest BCUT2D eigenvalue weighted by molar-refractivity contribution is 1.11. The predicted molar refractivity (Wildman–Crippen MR) is 53.6 cm³/mol. The van der Waals surface area contributed by atoms with Gasteiger partial charge in [0, 0.05) is 12.3 Å². The van der Waals surface area contributed by atoms with Crippen LogP contribution in [-0.4, -0.2) is 28.5 Å². The van der Waals surface area contributed by atoms with E-state index in [2.05, 4.69) is 15.3 Å². The Morgan fingerprint density at radius 2 is 2.38 bits per heavy atom. The molecule has 0 amide bonds. The largest absolute Gasteiger partial charge is 0.368 e. The van der Waals surface area contributed by atoms with Gasteiger partial charge < -0.3 is 5.32 Å². The van der Waals surface area contributed by atoms with Gasteiger partial charge in [0.2, 0.25) is 0 Å². The zero-order valence-electron chi connectivity index (χ0n) is 7.32. The quantitative estimate of drug-likeness (QED) is 0.728. The summed E-state index contributed by atoms with van der Waals surface area (Å²) >= 11 is 1.77. The van der Waals surface area contributed by atoms with Crippen LogP contribution in [0.15, 0.2) is 12.4 Å². The van der Waals surface area contributed by atoms with Crippen LogP contribution in [0.5, 0.6) is 0 Å². The second-order valence-corrected chi connectivity index (χ2v) is 3.30. The van der Waals surface area contributed by atoms with Gasteiger partial charge in [-0.05, 0) is 6.26 Å². The molecule has 0 aliphatic carbocycles. The Balaban J connectivity index is 2.46. The van der Waals surface area contributed by atoms with Crippen molar-refractivity contribution >= 4 is 17.6 Å². The third-order valence-electron chi connectivity index (χ3n) is 1.38. The first-order chi connectivity index (χ1) is 6.36. The zero-order valence-corrected chi connectivity index (χ0v) is 8.14. The maximum Gasteiger partial charge on any atom is 0.158 e. The molecular formula is C8H10N4S. The summed E-state index contributed by atoms with van der Waals surface area (Å²) in [6.45, 7) is 0.863. The van der Waals surface area contributed by atoms with Crippen molar-refractivity contribution < 1.29 is 0 Å². The molecule has 0 aromatic carbocycles. The lowest BCUT2D eigenvalue weighted by Gasteiger charge is -2.02. The molecule has 5 heteroatoms. The van der Waals surface area contributed by atoms with Crippen LogP contribution in [0.2, 0.25) is 0 Å². The van der Waals surface area contributed by atoms with E-state index in [9.17, 15) is 0 Å². The first-order valence-electron chi connectivity index (χ1n) is 3.82. The maximum atomic E-state index is 8.47. The summed E-state index contributed by atoms with van der Waals surface area (Å²) in [6, 6.07) is 1.92. The van der Waals surface area contributed by atoms with Crippen molar-refractivity contribution in [3.8, 4) is 6.07 Å². The number of nitrogens with one attached hydrogen (secondary N) is 1. The van der Waals surface area contributed by atoms with Crippen molar-refractivity contribution in [2.45, 2.75) is 0 Å². The SMILES string of the molecule is CSCCNc1cnc(C#N)cn1. The van der Waals surface area contributed by atoms with Crippen LogP contribution in [0.1, 0.15) is 5.69 Å². The highest BCUT2D eigenvalue weighted by Gasteiger charge is 1.94. The summed E-state index contributed by atoms with van der Waals surface area (Å²) in [5, 5.41) is 11.6. The summed E-state index contributed by atoms with van der Waals surface area (Å²) in [5.74, 6) is 1.75. The van der Waals surface area contributed by atoms with E-state index >= 15 is 0 Å². The molecule has 0 radical (unpaired) electrons. The van der Waals surface area contributed by atoms with E-state index in [-0.39, 0.29) is 0 Å². The van der Waals surface area contributed by atoms with Crippen LogP contribution in [0.25, 0.3) is 0 Å². The molecule has 0 saturated carbocycles. The minimum atomic E-state index is 0.343. The summed E-state index contributed by atoms with van der Waals surface area (Å²) < 4.78 is 0. The van der Waals surface area contributed by atoms with Gasteiger partial charge in [-0.15, -0.1) is 0 Å². The molecule has 0 aliphatic heterocycles. The van der Waals surface area contributed by atoms with Crippen molar-refractivity contribution in [1.82, 2.24) is 9.97 Å². The lowest BCUT2D eigenvalue weighted by atomic mass is 10.5. The fraction of sp³-hybridized carbons (Fsp3) is 0.375. The number of nitriles is 1. The minimum Gasteiger partial charge on any atom is -0.368 e. The molecule has 0 atom stereocenters. The van der Waals surface area contributed by atoms with Crippen molar-refractivity contribution in [2.75, 3.05) is 23.9 Å². The molecule has 4 nitrogen and oxygen atoms in total. The number of thioether (sulfide) groups is 1. The average Bonchev–Trinajstić information content (AvgIpc) is 2.19. The van der Waals surface area contributed by atoms with Gasteiger partial charge >= 0.3 is 0 Å². The second-order valence-electron chi connectivity index (χ2n) is 2.32. The highest BCUT2D eigenvalue weighted by Crippen LogP contribution is 2.00. The molecule has 0 unspecified atom stereocenters. The summed E-state index contributed by atoms with van der Waals surface area (Å²) in [5.41, 5.74) is 0.343. The number of hydrogen-bond donors (Lipinski definition) is 1. The standard InChI is InChI=1S/C8H10N4S/c1-13-3-2-10-8-6-11-7(4-9)5-12-8/h5-6H,2-3H2,1H3,(H,10,12). The summed E-state index contributed by atoms with van der Waals surface area (Å²) in [7, 11) is 0. The molecule has 1 heterocycles. The van der Waals surface area contributed by atoms with Crippen LogP contribution in [0.4, 0.5) is 5.82 Å². The Morgan fingerprint density at radius 3 is 2.92 bits per heavy atom. The van der Waals surface area contributed by atoms with Gasteiger partial charge in [0.1, 0.15) is 11.9 Å². The van der Waals surface area contributed by atoms with Crippen molar-refractivity contribution in [2.24, 2.45) is 0 Å². The third kappa shape index (κ3) is 3.30. The van der Waals surface area contributed by atoms with Crippen LogP contribution < -0.4 is 5.32 Å². The molecule has 1 N–H and O–H groups in total. The Hall–Kier alpha value is -1.28. The van der Waals surface area contributed by atoms with E-state index in [4.69, 9.17) is 5.26 Å². The van der Waals surface area contributed by atoms with E-state index in [1.807, 2.05) is 12.3 Å². The van der Waals surface area contributed by atoms with Gasteiger partial charge in [-0.1, -0.05) is 0 Å². The highest BCUT2D eigenvalue weighted by molar-refractivity contribution is 7.98. The van der Waals surface area contributed by atoms with E-state index in [0.29, 0.717) is 11.5 Å². The molecule has 0 spiro atoms. The van der Waals surface area contributed by atoms with Crippen molar-refractivity contribution in [3.05, 3.63) is 18.1 Å². The topological polar surface area (TPSA) is 61.6 Å². The van der Waals surface area contributed by atoms with Crippen LogP contribution in [0, 0.1) is 11.3 Å². The van der Waals surface area contributed by atoms with Gasteiger partial charge in [0.05, 0.1) is 12.4 Å². The molecule has 0 saturated heterocycles. The lowest BCUT2D eigenvalue weighted by Crippen LogP contribution is -2.05. The number of anilines is 1. The number of hydrogen-bond acceptors (Lipinski definition) is 5. The molecular weight excluding hydrogens is 184 g/mol. The summed E-state index contributed by atoms with van der Waals surface area (Å²) in [4.78, 5) is 7.90. The van der Waals surface area contributed by atoms with E-state index < -0.39 is 0 Å². The van der Waals surface area contributed by atoms with Crippen molar-refractivity contribution in [3.63, 3.8) is 0 Å². The first kappa shape index (κ1) is 9.81. The number of rotatable bonds is 4. The van der Waals surface area contributed by atoms with Gasteiger partial charge in [-0.2, -0.15) is 17.0 Å². The molecule has 1 aromatic rings. The molecule has 13 heavy (non-hydrogen) atoms. The second kappa shape index (κ2) is 5.38. The fourth-order valence-corrected chi connectivity index (χ4v) is 1.06. The maximum absolute atomic E-state index is 8.47. The Labute approximate surface area is 81.4 Å². The molecule has 0 aliphatic rings. The van der Waals surface area contributed by atoms with Crippen molar-refractivity contribution in [1.29, 1.82) is 5.26 Å². The zero-order chi connectivity index (χ0) is 9.52. The minimum absolute atomic E-state index is 0.343. The van der Waals surface area contributed by atoms with Crippen LogP contribution in [-0.2, 0) is 0 Å². The molecule has 68 valence electrons. The molecule has 1 rings (SSSR count). The van der Waals surface area contributed by atoms with Crippen LogP contribution in [0.3, 0.4) is 0 Å². The summed E-state index contributed by atoms with van der Waals surface area (Å²) in [6.07, 6.45) is 5.08. The fourth-order valence-electron chi connectivity index (χ4n) is 0.758. The normalized spacial score (nSPS) is 9.23. The number of nitrogens with zero attached hydrogens (tertiary/aromatic N) is 3. The molecule has 0 fully saturated rings. The van der Waals surface area contributed by atoms with Gasteiger partial charge in [0.25, 0.3) is 0 Å². The van der Waals surface area contributed by atoms with E-state index in [1.165, 1.54) is 6.20 Å². The smallest absolute Gasteiger partial charge is 0.158 e. The van der Waals surface area contributed by atoms with Gasteiger partial charge in [-0.3, -0.25) is 0 Å². The average molecular weight is 194 g/mol. The van der Waals surface area contributed by atoms with Crippen LogP contribution >= 0.6 is 11.8 Å². The van der Waals surface area contributed by atoms with Gasteiger partial charge in [0.15, 0.2) is 5.69 Å². The highest BCUT2D eigenvalue weighted by atomic mass is 32.2. The molecule has 0 bridgehead atoms. The first-order valence-corrected chi connectivity index (χ1v) is 5.21. The third-order valence-corrected chi connectivity index (χ3v) is 1.99. The van der Waals surface area contributed by atoms with Gasteiger partial charge in [-0.25, -0.2) is 9.97 Å². The van der Waals surface area contributed by atoms with E-state index in [1.54, 1.807) is 18.0 Å². The Bertz CT molecular complexity index is 290. The molecule has 1 aromatic heterocycles. The number of aromatic nitrogens is 2. The van der Waals surface area contributed by atoms with E-state index in [0.717, 1.165) is 12.3 Å². The monoisotopic (exact) mass is 194 g/mol.